The van der Waals surface area contributed by atoms with E-state index in [-0.39, 0.29) is 6.15 Å². The molecule has 2 rings (SSSR count). The molecule has 0 aromatic carbocycles. The van der Waals surface area contributed by atoms with Gasteiger partial charge in [0.25, 0.3) is 0 Å². The van der Waals surface area contributed by atoms with Crippen LogP contribution in [0.2, 0.25) is 0 Å². The molecule has 4 heteroatoms. The quantitative estimate of drug-likeness (QED) is 0.555. The minimum atomic E-state index is 0. The fourth-order valence-corrected chi connectivity index (χ4v) is 1.27. The van der Waals surface area contributed by atoms with E-state index < -0.39 is 0 Å². The third-order valence-electron chi connectivity index (χ3n) is 1.93. The summed E-state index contributed by atoms with van der Waals surface area (Å²) in [5.41, 5.74) is 0. The van der Waals surface area contributed by atoms with Crippen molar-refractivity contribution in [1.29, 1.82) is 0 Å². The van der Waals surface area contributed by atoms with Crippen molar-refractivity contribution in [2.24, 2.45) is 0 Å². The molecule has 2 fully saturated rings. The van der Waals surface area contributed by atoms with Crippen LogP contribution in [0.5, 0.6) is 0 Å². The zero-order valence-electron chi connectivity index (χ0n) is 6.71. The van der Waals surface area contributed by atoms with Gasteiger partial charge in [0, 0.05) is 19.5 Å². The first-order chi connectivity index (χ1) is 4.95. The molecule has 0 amide bonds. The summed E-state index contributed by atoms with van der Waals surface area (Å²) in [4.78, 5) is 0. The van der Waals surface area contributed by atoms with E-state index in [1.54, 1.807) is 0 Å². The summed E-state index contributed by atoms with van der Waals surface area (Å²) in [6.07, 6.45) is 1.98. The summed E-state index contributed by atoms with van der Waals surface area (Å²) in [7, 11) is 0. The van der Waals surface area contributed by atoms with E-state index in [1.165, 1.54) is 0 Å². The normalized spacial score (nSPS) is 36.0. The summed E-state index contributed by atoms with van der Waals surface area (Å²) in [5.74, 6) is 0. The van der Waals surface area contributed by atoms with Crippen molar-refractivity contribution >= 4 is 0 Å². The number of hydrogen-bond donors (Lipinski definition) is 2. The predicted octanol–water partition coefficient (Wildman–Crippen LogP) is -0.0743. The lowest BCUT2D eigenvalue weighted by Gasteiger charge is -2.22. The van der Waals surface area contributed by atoms with Gasteiger partial charge < -0.3 is 20.9 Å². The Bertz CT molecular complexity index is 111. The molecule has 0 saturated carbocycles. The first-order valence-electron chi connectivity index (χ1n) is 3.89. The molecule has 2 atom stereocenters. The van der Waals surface area contributed by atoms with Gasteiger partial charge >= 0.3 is 0 Å². The fourth-order valence-electron chi connectivity index (χ4n) is 1.27. The highest BCUT2D eigenvalue weighted by atomic mass is 16.6. The lowest BCUT2D eigenvalue weighted by atomic mass is 10.2. The standard InChI is InChI=1S/C7H13NO2.H3N/c1-2-9-6(4-8-1)3-7-5-10-7;/h6-8H,1-5H2;1H3. The zero-order valence-corrected chi connectivity index (χ0v) is 6.71. The van der Waals surface area contributed by atoms with Gasteiger partial charge in [-0.3, -0.25) is 0 Å². The number of nitrogens with one attached hydrogen (secondary N) is 1. The molecule has 0 aromatic rings. The maximum absolute atomic E-state index is 5.49. The molecule has 0 aromatic heterocycles. The second-order valence-corrected chi connectivity index (χ2v) is 2.89. The van der Waals surface area contributed by atoms with E-state index in [2.05, 4.69) is 5.32 Å². The van der Waals surface area contributed by atoms with Crippen LogP contribution < -0.4 is 11.5 Å². The first-order valence-corrected chi connectivity index (χ1v) is 3.89. The summed E-state index contributed by atoms with van der Waals surface area (Å²) in [6.45, 7) is 3.80. The van der Waals surface area contributed by atoms with Gasteiger partial charge in [-0.15, -0.1) is 0 Å². The average Bonchev–Trinajstić information content (AvgIpc) is 2.74. The van der Waals surface area contributed by atoms with Crippen molar-refractivity contribution in [1.82, 2.24) is 11.5 Å². The minimum absolute atomic E-state index is 0. The van der Waals surface area contributed by atoms with Gasteiger partial charge in [0.15, 0.2) is 0 Å². The molecule has 2 unspecified atom stereocenters. The number of hydrogen-bond acceptors (Lipinski definition) is 4. The Labute approximate surface area is 66.8 Å². The van der Waals surface area contributed by atoms with E-state index in [4.69, 9.17) is 9.47 Å². The zero-order chi connectivity index (χ0) is 6.81. The largest absolute Gasteiger partial charge is 0.375 e. The first kappa shape index (κ1) is 8.93. The van der Waals surface area contributed by atoms with Gasteiger partial charge in [-0.25, -0.2) is 0 Å². The Kier molecular flexibility index (Phi) is 3.26. The second kappa shape index (κ2) is 4.01. The molecular weight excluding hydrogens is 144 g/mol. The summed E-state index contributed by atoms with van der Waals surface area (Å²) in [6, 6.07) is 0. The Balaban J connectivity index is 0.000000605. The minimum Gasteiger partial charge on any atom is -0.375 e. The number of rotatable bonds is 2. The fraction of sp³-hybridized carbons (Fsp3) is 1.00. The van der Waals surface area contributed by atoms with Crippen LogP contribution >= 0.6 is 0 Å². The van der Waals surface area contributed by atoms with Crippen LogP contribution in [0.1, 0.15) is 6.42 Å². The van der Waals surface area contributed by atoms with Gasteiger partial charge in [-0.1, -0.05) is 0 Å². The van der Waals surface area contributed by atoms with Crippen LogP contribution in [0.3, 0.4) is 0 Å². The highest BCUT2D eigenvalue weighted by Crippen LogP contribution is 2.17. The van der Waals surface area contributed by atoms with E-state index >= 15 is 0 Å². The molecule has 0 radical (unpaired) electrons. The molecule has 2 aliphatic rings. The number of ether oxygens (including phenoxy) is 2. The maximum atomic E-state index is 5.49. The van der Waals surface area contributed by atoms with E-state index in [1.807, 2.05) is 0 Å². The highest BCUT2D eigenvalue weighted by Gasteiger charge is 2.27. The Morgan fingerprint density at radius 3 is 2.64 bits per heavy atom. The number of epoxide rings is 1. The molecule has 0 bridgehead atoms. The molecule has 0 aliphatic carbocycles. The number of morpholine rings is 1. The maximum Gasteiger partial charge on any atom is 0.0835 e. The van der Waals surface area contributed by atoms with Gasteiger partial charge in [-0.2, -0.15) is 0 Å². The topological polar surface area (TPSA) is 68.8 Å². The van der Waals surface area contributed by atoms with Crippen molar-refractivity contribution in [2.75, 3.05) is 26.3 Å². The van der Waals surface area contributed by atoms with Gasteiger partial charge in [0.1, 0.15) is 0 Å². The monoisotopic (exact) mass is 160 g/mol. The molecule has 4 N–H and O–H groups in total. The Morgan fingerprint density at radius 1 is 1.27 bits per heavy atom. The van der Waals surface area contributed by atoms with Crippen LogP contribution in [0.15, 0.2) is 0 Å². The lowest BCUT2D eigenvalue weighted by molar-refractivity contribution is 0.0192. The Hall–Kier alpha value is -0.160. The molecule has 0 spiro atoms. The van der Waals surface area contributed by atoms with Gasteiger partial charge in [0.2, 0.25) is 0 Å². The molecule has 2 aliphatic heterocycles. The molecule has 11 heavy (non-hydrogen) atoms. The molecule has 2 saturated heterocycles. The van der Waals surface area contributed by atoms with E-state index in [9.17, 15) is 0 Å². The third-order valence-corrected chi connectivity index (χ3v) is 1.93. The summed E-state index contributed by atoms with van der Waals surface area (Å²) >= 11 is 0. The molecular formula is C7H16N2O2. The summed E-state index contributed by atoms with van der Waals surface area (Å²) < 4.78 is 10.6. The summed E-state index contributed by atoms with van der Waals surface area (Å²) in [5, 5.41) is 3.29. The van der Waals surface area contributed by atoms with E-state index in [0.29, 0.717) is 12.2 Å². The van der Waals surface area contributed by atoms with Crippen molar-refractivity contribution in [3.05, 3.63) is 0 Å². The van der Waals surface area contributed by atoms with Crippen molar-refractivity contribution in [2.45, 2.75) is 18.6 Å². The lowest BCUT2D eigenvalue weighted by Crippen LogP contribution is -2.39. The second-order valence-electron chi connectivity index (χ2n) is 2.89. The molecule has 66 valence electrons. The van der Waals surface area contributed by atoms with Crippen molar-refractivity contribution < 1.29 is 9.47 Å². The SMILES string of the molecule is C1COC(CC2CO2)CN1.N. The highest BCUT2D eigenvalue weighted by molar-refractivity contribution is 4.77. The van der Waals surface area contributed by atoms with Crippen molar-refractivity contribution in [3.63, 3.8) is 0 Å². The van der Waals surface area contributed by atoms with E-state index in [0.717, 1.165) is 32.7 Å². The van der Waals surface area contributed by atoms with Gasteiger partial charge in [0.05, 0.1) is 25.4 Å². The van der Waals surface area contributed by atoms with Crippen molar-refractivity contribution in [3.8, 4) is 0 Å². The van der Waals surface area contributed by atoms with Crippen LogP contribution in [0.25, 0.3) is 0 Å². The molecule has 4 nitrogen and oxygen atoms in total. The van der Waals surface area contributed by atoms with Crippen LogP contribution in [-0.4, -0.2) is 38.5 Å². The smallest absolute Gasteiger partial charge is 0.0835 e. The van der Waals surface area contributed by atoms with Gasteiger partial charge in [-0.05, 0) is 0 Å². The third kappa shape index (κ3) is 2.75. The predicted molar refractivity (Wildman–Crippen MR) is 42.0 cm³/mol. The molecule has 2 heterocycles. The Morgan fingerprint density at radius 2 is 2.09 bits per heavy atom. The van der Waals surface area contributed by atoms with Crippen LogP contribution in [0.4, 0.5) is 0 Å². The van der Waals surface area contributed by atoms with Crippen LogP contribution in [0, 0.1) is 0 Å². The van der Waals surface area contributed by atoms with Crippen LogP contribution in [-0.2, 0) is 9.47 Å². The average molecular weight is 160 g/mol.